The molecule has 0 aliphatic carbocycles. The van der Waals surface area contributed by atoms with Crippen LogP contribution in [-0.4, -0.2) is 47.3 Å². The van der Waals surface area contributed by atoms with Crippen molar-refractivity contribution in [2.45, 2.75) is 6.54 Å². The second-order valence-corrected chi connectivity index (χ2v) is 5.58. The highest BCUT2D eigenvalue weighted by Crippen LogP contribution is 2.39. The molecule has 0 unspecified atom stereocenters. The Morgan fingerprint density at radius 2 is 1.75 bits per heavy atom. The lowest BCUT2D eigenvalue weighted by Crippen LogP contribution is -2.28. The van der Waals surface area contributed by atoms with Crippen molar-refractivity contribution in [1.29, 1.82) is 0 Å². The van der Waals surface area contributed by atoms with Crippen LogP contribution in [0, 0.1) is 0 Å². The van der Waals surface area contributed by atoms with Gasteiger partial charge in [-0.25, -0.2) is 9.48 Å². The third-order valence-electron chi connectivity index (χ3n) is 3.82. The van der Waals surface area contributed by atoms with Crippen LogP contribution in [0.3, 0.4) is 0 Å². The smallest absolute Gasteiger partial charge is 0.319 e. The zero-order valence-corrected chi connectivity index (χ0v) is 15.7. The summed E-state index contributed by atoms with van der Waals surface area (Å²) in [4.78, 5) is 16.2. The third kappa shape index (κ3) is 4.29. The number of nitrogens with one attached hydrogen (secondary N) is 2. The molecule has 10 heteroatoms. The van der Waals surface area contributed by atoms with Gasteiger partial charge < -0.3 is 24.8 Å². The Morgan fingerprint density at radius 3 is 2.36 bits per heavy atom. The van der Waals surface area contributed by atoms with E-state index in [1.807, 2.05) is 12.1 Å². The molecular weight excluding hydrogens is 364 g/mol. The summed E-state index contributed by atoms with van der Waals surface area (Å²) < 4.78 is 17.4. The molecule has 3 aromatic rings. The van der Waals surface area contributed by atoms with Crippen LogP contribution in [0.15, 0.2) is 42.9 Å². The number of carbonyl (C=O) groups is 1. The van der Waals surface area contributed by atoms with Crippen molar-refractivity contribution in [3.8, 4) is 22.9 Å². The van der Waals surface area contributed by atoms with Gasteiger partial charge in [-0.3, -0.25) is 4.98 Å². The first-order chi connectivity index (χ1) is 13.6. The van der Waals surface area contributed by atoms with Crippen molar-refractivity contribution in [3.05, 3.63) is 48.5 Å². The van der Waals surface area contributed by atoms with Gasteiger partial charge >= 0.3 is 6.03 Å². The maximum atomic E-state index is 12.2. The summed E-state index contributed by atoms with van der Waals surface area (Å²) in [6.07, 6.45) is 5.06. The van der Waals surface area contributed by atoms with Crippen LogP contribution in [0.5, 0.6) is 17.2 Å². The van der Waals surface area contributed by atoms with Gasteiger partial charge in [-0.1, -0.05) is 5.21 Å². The van der Waals surface area contributed by atoms with Crippen molar-refractivity contribution in [2.24, 2.45) is 0 Å². The molecule has 0 aliphatic heterocycles. The number of anilines is 1. The lowest BCUT2D eigenvalue weighted by Gasteiger charge is -2.14. The van der Waals surface area contributed by atoms with E-state index in [1.165, 1.54) is 21.3 Å². The van der Waals surface area contributed by atoms with E-state index in [4.69, 9.17) is 14.2 Å². The Balaban J connectivity index is 1.63. The summed E-state index contributed by atoms with van der Waals surface area (Å²) in [5.41, 5.74) is 1.93. The van der Waals surface area contributed by atoms with Crippen molar-refractivity contribution in [1.82, 2.24) is 25.3 Å². The monoisotopic (exact) mass is 384 g/mol. The largest absolute Gasteiger partial charge is 0.493 e. The maximum absolute atomic E-state index is 12.2. The number of urea groups is 1. The number of benzene rings is 1. The molecule has 2 heterocycles. The average molecular weight is 384 g/mol. The number of pyridine rings is 1. The van der Waals surface area contributed by atoms with Gasteiger partial charge in [-0.15, -0.1) is 5.10 Å². The molecule has 0 fully saturated rings. The fraction of sp³-hybridized carbons (Fsp3) is 0.222. The second kappa shape index (κ2) is 8.71. The molecule has 2 aromatic heterocycles. The summed E-state index contributed by atoms with van der Waals surface area (Å²) in [6.45, 7) is 0.210. The number of rotatable bonds is 7. The zero-order chi connectivity index (χ0) is 19.9. The van der Waals surface area contributed by atoms with E-state index in [1.54, 1.807) is 35.4 Å². The second-order valence-electron chi connectivity index (χ2n) is 5.58. The van der Waals surface area contributed by atoms with Crippen LogP contribution in [0.25, 0.3) is 5.69 Å². The molecule has 146 valence electrons. The standard InChI is InChI=1S/C18H20N6O4/c1-26-15-8-12(9-16(27-2)17(15)28-3)21-18(25)20-10-13-11-24(23-22-13)14-4-6-19-7-5-14/h4-9,11H,10H2,1-3H3,(H2,20,21,25). The maximum Gasteiger partial charge on any atom is 0.319 e. The Kier molecular flexibility index (Phi) is 5.90. The lowest BCUT2D eigenvalue weighted by molar-refractivity contribution is 0.251. The third-order valence-corrected chi connectivity index (χ3v) is 3.82. The minimum Gasteiger partial charge on any atom is -0.493 e. The number of amides is 2. The summed E-state index contributed by atoms with van der Waals surface area (Å²) in [7, 11) is 4.53. The van der Waals surface area contributed by atoms with Crippen LogP contribution in [0.4, 0.5) is 10.5 Å². The number of aromatic nitrogens is 4. The van der Waals surface area contributed by atoms with Gasteiger partial charge in [0.05, 0.1) is 45.4 Å². The van der Waals surface area contributed by atoms with Gasteiger partial charge in [0, 0.05) is 24.5 Å². The van der Waals surface area contributed by atoms with Crippen molar-refractivity contribution in [2.75, 3.05) is 26.6 Å². The highest BCUT2D eigenvalue weighted by Gasteiger charge is 2.14. The topological polar surface area (TPSA) is 112 Å². The number of methoxy groups -OCH3 is 3. The van der Waals surface area contributed by atoms with Crippen molar-refractivity contribution >= 4 is 11.7 Å². The highest BCUT2D eigenvalue weighted by molar-refractivity contribution is 5.90. The fourth-order valence-corrected chi connectivity index (χ4v) is 2.50. The minimum atomic E-state index is -0.410. The van der Waals surface area contributed by atoms with Gasteiger partial charge in [-0.05, 0) is 12.1 Å². The van der Waals surface area contributed by atoms with E-state index in [0.29, 0.717) is 28.6 Å². The van der Waals surface area contributed by atoms with E-state index in [0.717, 1.165) is 5.69 Å². The molecule has 0 bridgehead atoms. The van der Waals surface area contributed by atoms with Gasteiger partial charge in [0.2, 0.25) is 5.75 Å². The molecule has 0 saturated carbocycles. The fourth-order valence-electron chi connectivity index (χ4n) is 2.50. The number of carbonyl (C=O) groups excluding carboxylic acids is 1. The summed E-state index contributed by atoms with van der Waals surface area (Å²) in [5.74, 6) is 1.33. The summed E-state index contributed by atoms with van der Waals surface area (Å²) in [5, 5.41) is 13.5. The number of ether oxygens (including phenoxy) is 3. The molecule has 0 aliphatic rings. The van der Waals surface area contributed by atoms with E-state index >= 15 is 0 Å². The van der Waals surface area contributed by atoms with Gasteiger partial charge in [0.1, 0.15) is 5.69 Å². The van der Waals surface area contributed by atoms with Crippen LogP contribution < -0.4 is 24.8 Å². The molecule has 2 N–H and O–H groups in total. The number of hydrogen-bond acceptors (Lipinski definition) is 7. The van der Waals surface area contributed by atoms with E-state index in [-0.39, 0.29) is 6.54 Å². The minimum absolute atomic E-state index is 0.210. The molecule has 10 nitrogen and oxygen atoms in total. The zero-order valence-electron chi connectivity index (χ0n) is 15.7. The Bertz CT molecular complexity index is 919. The average Bonchev–Trinajstić information content (AvgIpc) is 3.21. The SMILES string of the molecule is COc1cc(NC(=O)NCc2cn(-c3ccncc3)nn2)cc(OC)c1OC. The Morgan fingerprint density at radius 1 is 1.07 bits per heavy atom. The van der Waals surface area contributed by atoms with Gasteiger partial charge in [-0.2, -0.15) is 0 Å². The first-order valence-electron chi connectivity index (χ1n) is 8.31. The molecule has 0 atom stereocenters. The lowest BCUT2D eigenvalue weighted by atomic mass is 10.2. The van der Waals surface area contributed by atoms with Gasteiger partial charge in [0.15, 0.2) is 11.5 Å². The molecular formula is C18H20N6O4. The van der Waals surface area contributed by atoms with Crippen LogP contribution in [0.2, 0.25) is 0 Å². The van der Waals surface area contributed by atoms with Crippen LogP contribution in [-0.2, 0) is 6.54 Å². The Labute approximate surface area is 161 Å². The van der Waals surface area contributed by atoms with Crippen LogP contribution >= 0.6 is 0 Å². The Hall–Kier alpha value is -3.82. The molecule has 0 spiro atoms. The van der Waals surface area contributed by atoms with Gasteiger partial charge in [0.25, 0.3) is 0 Å². The first-order valence-corrected chi connectivity index (χ1v) is 8.31. The molecule has 3 rings (SSSR count). The number of nitrogens with zero attached hydrogens (tertiary/aromatic N) is 4. The van der Waals surface area contributed by atoms with Crippen molar-refractivity contribution < 1.29 is 19.0 Å². The molecule has 0 saturated heterocycles. The molecule has 1 aromatic carbocycles. The molecule has 0 radical (unpaired) electrons. The molecule has 28 heavy (non-hydrogen) atoms. The van der Waals surface area contributed by atoms with E-state index < -0.39 is 6.03 Å². The summed E-state index contributed by atoms with van der Waals surface area (Å²) >= 11 is 0. The normalized spacial score (nSPS) is 10.2. The van der Waals surface area contributed by atoms with E-state index in [9.17, 15) is 4.79 Å². The highest BCUT2D eigenvalue weighted by atomic mass is 16.5. The van der Waals surface area contributed by atoms with E-state index in [2.05, 4.69) is 25.9 Å². The molecule has 2 amide bonds. The number of hydrogen-bond donors (Lipinski definition) is 2. The quantitative estimate of drug-likeness (QED) is 0.641. The first kappa shape index (κ1) is 19.0. The summed E-state index contributed by atoms with van der Waals surface area (Å²) in [6, 6.07) is 6.49. The van der Waals surface area contributed by atoms with Crippen molar-refractivity contribution in [3.63, 3.8) is 0 Å². The predicted octanol–water partition coefficient (Wildman–Crippen LogP) is 2.01. The predicted molar refractivity (Wildman–Crippen MR) is 101 cm³/mol. The van der Waals surface area contributed by atoms with Crippen LogP contribution in [0.1, 0.15) is 5.69 Å².